The average molecular weight is 347 g/mol. The number of hydrogen-bond donors (Lipinski definition) is 1. The molecule has 0 unspecified atom stereocenters. The fourth-order valence-electron chi connectivity index (χ4n) is 3.67. The largest absolute Gasteiger partial charge is 0.459 e. The third-order valence-electron chi connectivity index (χ3n) is 4.63. The molecule has 1 N–H and O–H groups in total. The van der Waals surface area contributed by atoms with Crippen LogP contribution in [0.4, 0.5) is 0 Å². The predicted molar refractivity (Wildman–Crippen MR) is 87.5 cm³/mol. The highest BCUT2D eigenvalue weighted by Crippen LogP contribution is 2.52. The van der Waals surface area contributed by atoms with E-state index in [0.717, 1.165) is 44.8 Å². The van der Waals surface area contributed by atoms with Gasteiger partial charge < -0.3 is 10.1 Å². The molecule has 2 aliphatic carbocycles. The van der Waals surface area contributed by atoms with Gasteiger partial charge in [0, 0.05) is 6.04 Å². The summed E-state index contributed by atoms with van der Waals surface area (Å²) in [5.41, 5.74) is -0.199. The molecule has 2 rings (SSSR count). The van der Waals surface area contributed by atoms with Crippen molar-refractivity contribution in [2.24, 2.45) is 5.41 Å². The Balaban J connectivity index is 1.67. The van der Waals surface area contributed by atoms with Crippen LogP contribution in [-0.4, -0.2) is 44.9 Å². The van der Waals surface area contributed by atoms with Gasteiger partial charge >= 0.3 is 5.97 Å². The molecule has 2 saturated carbocycles. The number of carbonyl (C=O) groups excluding carboxylic acids is 1. The Hall–Kier alpha value is -0.660. The summed E-state index contributed by atoms with van der Waals surface area (Å²) in [6.45, 7) is 5.83. The van der Waals surface area contributed by atoms with Crippen molar-refractivity contribution in [1.29, 1.82) is 0 Å². The van der Waals surface area contributed by atoms with Crippen LogP contribution in [0.1, 0.15) is 59.3 Å². The highest BCUT2D eigenvalue weighted by Gasteiger charge is 2.47. The lowest BCUT2D eigenvalue weighted by Crippen LogP contribution is -2.48. The summed E-state index contributed by atoms with van der Waals surface area (Å²) in [5, 5.41) is 3.28. The molecule has 2 fully saturated rings. The van der Waals surface area contributed by atoms with Gasteiger partial charge in [0.2, 0.25) is 0 Å². The Bertz CT molecular complexity index is 521. The quantitative estimate of drug-likeness (QED) is 0.605. The van der Waals surface area contributed by atoms with E-state index in [2.05, 4.69) is 5.32 Å². The normalized spacial score (nSPS) is 31.7. The van der Waals surface area contributed by atoms with Crippen LogP contribution in [0.25, 0.3) is 0 Å². The Morgan fingerprint density at radius 3 is 2.26 bits per heavy atom. The van der Waals surface area contributed by atoms with Crippen LogP contribution >= 0.6 is 0 Å². The lowest BCUT2D eigenvalue weighted by atomic mass is 9.59. The van der Waals surface area contributed by atoms with E-state index in [9.17, 15) is 13.2 Å². The molecule has 0 heterocycles. The van der Waals surface area contributed by atoms with Gasteiger partial charge in [0.05, 0.1) is 18.9 Å². The maximum atomic E-state index is 11.7. The Kier molecular flexibility index (Phi) is 5.43. The summed E-state index contributed by atoms with van der Waals surface area (Å²) in [5.74, 6) is -0.219. The van der Waals surface area contributed by atoms with Crippen molar-refractivity contribution >= 4 is 16.1 Å². The van der Waals surface area contributed by atoms with E-state index in [4.69, 9.17) is 8.92 Å². The Morgan fingerprint density at radius 1 is 1.22 bits per heavy atom. The van der Waals surface area contributed by atoms with Crippen LogP contribution in [0, 0.1) is 5.41 Å². The molecule has 0 aliphatic heterocycles. The lowest BCUT2D eigenvalue weighted by Gasteiger charge is -2.50. The van der Waals surface area contributed by atoms with Gasteiger partial charge in [-0.15, -0.1) is 0 Å². The molecular weight excluding hydrogens is 318 g/mol. The highest BCUT2D eigenvalue weighted by atomic mass is 32.2. The van der Waals surface area contributed by atoms with Crippen LogP contribution in [0.5, 0.6) is 0 Å². The van der Waals surface area contributed by atoms with Crippen molar-refractivity contribution in [3.63, 3.8) is 0 Å². The minimum absolute atomic E-state index is 0.142. The number of carbonyl (C=O) groups is 1. The van der Waals surface area contributed by atoms with E-state index in [-0.39, 0.29) is 24.0 Å². The van der Waals surface area contributed by atoms with Gasteiger partial charge in [0.25, 0.3) is 10.1 Å². The van der Waals surface area contributed by atoms with Crippen LogP contribution in [0.15, 0.2) is 0 Å². The maximum absolute atomic E-state index is 11.7. The van der Waals surface area contributed by atoms with Crippen molar-refractivity contribution in [3.8, 4) is 0 Å². The first kappa shape index (κ1) is 18.7. The summed E-state index contributed by atoms with van der Waals surface area (Å²) in [6, 6.07) is 0.336. The minimum atomic E-state index is -3.35. The number of hydrogen-bond acceptors (Lipinski definition) is 6. The molecule has 6 nitrogen and oxygen atoms in total. The van der Waals surface area contributed by atoms with Crippen LogP contribution in [0.2, 0.25) is 0 Å². The highest BCUT2D eigenvalue weighted by molar-refractivity contribution is 7.86. The van der Waals surface area contributed by atoms with E-state index >= 15 is 0 Å². The van der Waals surface area contributed by atoms with E-state index in [1.54, 1.807) is 0 Å². The Morgan fingerprint density at radius 2 is 1.78 bits per heavy atom. The molecule has 0 aromatic rings. The summed E-state index contributed by atoms with van der Waals surface area (Å²) in [6.07, 6.45) is 6.76. The molecular formula is C16H29NO5S. The first-order valence-electron chi connectivity index (χ1n) is 8.30. The van der Waals surface area contributed by atoms with Crippen molar-refractivity contribution < 1.29 is 22.1 Å². The summed E-state index contributed by atoms with van der Waals surface area (Å²) >= 11 is 0. The smallest absolute Gasteiger partial charge is 0.320 e. The SMILES string of the molecule is CC(C)(C)OC(=O)CNC1CCC2(CC1)CC(OS(C)(=O)=O)C2. The van der Waals surface area contributed by atoms with E-state index in [1.165, 1.54) is 0 Å². The molecule has 0 aromatic heterocycles. The monoisotopic (exact) mass is 347 g/mol. The van der Waals surface area contributed by atoms with Gasteiger partial charge in [-0.2, -0.15) is 8.42 Å². The molecule has 134 valence electrons. The molecule has 0 amide bonds. The third-order valence-corrected chi connectivity index (χ3v) is 5.26. The minimum Gasteiger partial charge on any atom is -0.459 e. The van der Waals surface area contributed by atoms with Crippen LogP contribution in [0.3, 0.4) is 0 Å². The van der Waals surface area contributed by atoms with Gasteiger partial charge in [0.15, 0.2) is 0 Å². The van der Waals surface area contributed by atoms with Crippen LogP contribution < -0.4 is 5.32 Å². The maximum Gasteiger partial charge on any atom is 0.320 e. The Labute approximate surface area is 139 Å². The third kappa shape index (κ3) is 6.04. The zero-order valence-electron chi connectivity index (χ0n) is 14.6. The number of ether oxygens (including phenoxy) is 1. The summed E-state index contributed by atoms with van der Waals surface area (Å²) < 4.78 is 32.6. The first-order valence-corrected chi connectivity index (χ1v) is 10.1. The van der Waals surface area contributed by atoms with Crippen molar-refractivity contribution in [1.82, 2.24) is 5.32 Å². The second-order valence-electron chi connectivity index (χ2n) is 8.07. The first-order chi connectivity index (χ1) is 10.5. The molecule has 0 bridgehead atoms. The standard InChI is InChI=1S/C16H29NO5S/c1-15(2,3)21-14(18)11-17-12-5-7-16(8-6-12)9-13(10-16)22-23(4,19)20/h12-13,17H,5-11H2,1-4H3. The molecule has 7 heteroatoms. The molecule has 1 spiro atoms. The van der Waals surface area contributed by atoms with Gasteiger partial charge in [-0.1, -0.05) is 0 Å². The van der Waals surface area contributed by atoms with E-state index in [1.807, 2.05) is 20.8 Å². The zero-order chi connectivity index (χ0) is 17.3. The second kappa shape index (κ2) is 6.69. The van der Waals surface area contributed by atoms with Gasteiger partial charge in [0.1, 0.15) is 5.60 Å². The average Bonchev–Trinajstić information content (AvgIpc) is 2.32. The van der Waals surface area contributed by atoms with Crippen LogP contribution in [-0.2, 0) is 23.8 Å². The van der Waals surface area contributed by atoms with Crippen molar-refractivity contribution in [3.05, 3.63) is 0 Å². The molecule has 23 heavy (non-hydrogen) atoms. The van der Waals surface area contributed by atoms with E-state index < -0.39 is 15.7 Å². The lowest BCUT2D eigenvalue weighted by molar-refractivity contribution is -0.153. The fraction of sp³-hybridized carbons (Fsp3) is 0.938. The second-order valence-corrected chi connectivity index (χ2v) is 9.67. The summed E-state index contributed by atoms with van der Waals surface area (Å²) in [4.78, 5) is 11.7. The number of nitrogens with one attached hydrogen (secondary N) is 1. The topological polar surface area (TPSA) is 81.7 Å². The zero-order valence-corrected chi connectivity index (χ0v) is 15.4. The molecule has 0 saturated heterocycles. The fourth-order valence-corrected chi connectivity index (χ4v) is 4.30. The molecule has 0 aromatic carbocycles. The molecule has 2 aliphatic rings. The van der Waals surface area contributed by atoms with Gasteiger partial charge in [-0.25, -0.2) is 0 Å². The van der Waals surface area contributed by atoms with Crippen molar-refractivity contribution in [2.45, 2.75) is 77.0 Å². The van der Waals surface area contributed by atoms with E-state index in [0.29, 0.717) is 6.04 Å². The van der Waals surface area contributed by atoms with Gasteiger partial charge in [-0.3, -0.25) is 8.98 Å². The molecule has 0 radical (unpaired) electrons. The van der Waals surface area contributed by atoms with Gasteiger partial charge in [-0.05, 0) is 64.7 Å². The number of esters is 1. The number of rotatable bonds is 5. The van der Waals surface area contributed by atoms with Crippen molar-refractivity contribution in [2.75, 3.05) is 12.8 Å². The molecule has 0 atom stereocenters. The summed E-state index contributed by atoms with van der Waals surface area (Å²) in [7, 11) is -3.35. The predicted octanol–water partition coefficient (Wildman–Crippen LogP) is 1.99.